The van der Waals surface area contributed by atoms with Crippen LogP contribution in [0.1, 0.15) is 0 Å². The van der Waals surface area contributed by atoms with Crippen molar-refractivity contribution in [2.75, 3.05) is 27.2 Å². The number of likely N-dealkylation sites (N-methyl/N-ethyl adjacent to an activating group) is 1. The van der Waals surface area contributed by atoms with E-state index in [1.807, 2.05) is 14.1 Å². The first-order valence-corrected chi connectivity index (χ1v) is 2.12. The zero-order chi connectivity index (χ0) is 4.99. The molecule has 0 heterocycles. The molecule has 0 bridgehead atoms. The summed E-state index contributed by atoms with van der Waals surface area (Å²) in [6, 6.07) is 0. The first-order chi connectivity index (χ1) is 2.77. The molecule has 5 heteroatoms. The topological polar surface area (TPSA) is 29.3 Å². The molecule has 0 radical (unpaired) electrons. The zero-order valence-electron chi connectivity index (χ0n) is 5.66. The van der Waals surface area contributed by atoms with E-state index in [0.29, 0.717) is 0 Å². The molecule has 9 heavy (non-hydrogen) atoms. The second-order valence-corrected chi connectivity index (χ2v) is 1.59. The monoisotopic (exact) mass is 196 g/mol. The standard InChI is InChI=1S/C4H12N2.3ClH/c1-6(2)4-3-5;;;/h3-5H2,1-2H3;3*1H. The summed E-state index contributed by atoms with van der Waals surface area (Å²) in [6.45, 7) is 1.74. The normalized spacial score (nSPS) is 6.67. The van der Waals surface area contributed by atoms with Gasteiger partial charge >= 0.3 is 0 Å². The number of halogens is 3. The van der Waals surface area contributed by atoms with Gasteiger partial charge in [-0.2, -0.15) is 0 Å². The summed E-state index contributed by atoms with van der Waals surface area (Å²) in [5, 5.41) is 0. The molecule has 0 aromatic carbocycles. The second-order valence-electron chi connectivity index (χ2n) is 1.59. The highest BCUT2D eigenvalue weighted by molar-refractivity contribution is 5.86. The minimum atomic E-state index is 0. The molecule has 0 aromatic rings. The number of nitrogens with two attached hydrogens (primary N) is 1. The molecule has 2 N–H and O–H groups in total. The molecule has 0 unspecified atom stereocenters. The van der Waals surface area contributed by atoms with Gasteiger partial charge in [0.25, 0.3) is 0 Å². The Kier molecular flexibility index (Phi) is 39.9. The van der Waals surface area contributed by atoms with Crippen LogP contribution in [-0.2, 0) is 0 Å². The number of hydrogen-bond donors (Lipinski definition) is 1. The van der Waals surface area contributed by atoms with Crippen LogP contribution >= 0.6 is 37.2 Å². The van der Waals surface area contributed by atoms with Crippen LogP contribution < -0.4 is 5.73 Å². The Hall–Kier alpha value is 0.790. The average Bonchev–Trinajstić information content (AvgIpc) is 1.35. The van der Waals surface area contributed by atoms with E-state index in [0.717, 1.165) is 13.1 Å². The molecule has 0 aliphatic heterocycles. The zero-order valence-corrected chi connectivity index (χ0v) is 8.11. The highest BCUT2D eigenvalue weighted by Crippen LogP contribution is 1.64. The summed E-state index contributed by atoms with van der Waals surface area (Å²) in [7, 11) is 4.01. The molecular formula is C4H15Cl3N2. The largest absolute Gasteiger partial charge is 0.329 e. The maximum absolute atomic E-state index is 5.19. The lowest BCUT2D eigenvalue weighted by atomic mass is 10.6. The maximum Gasteiger partial charge on any atom is 0.00985 e. The van der Waals surface area contributed by atoms with Gasteiger partial charge in [-0.05, 0) is 14.1 Å². The van der Waals surface area contributed by atoms with Gasteiger partial charge in [0, 0.05) is 13.1 Å². The summed E-state index contributed by atoms with van der Waals surface area (Å²) in [5.74, 6) is 0. The van der Waals surface area contributed by atoms with Crippen LogP contribution in [0.25, 0.3) is 0 Å². The molecule has 0 saturated heterocycles. The predicted molar refractivity (Wildman–Crippen MR) is 49.4 cm³/mol. The fourth-order valence-corrected chi connectivity index (χ4v) is 0.258. The van der Waals surface area contributed by atoms with Crippen molar-refractivity contribution in [3.05, 3.63) is 0 Å². The Morgan fingerprint density at radius 2 is 1.44 bits per heavy atom. The van der Waals surface area contributed by atoms with Crippen molar-refractivity contribution in [3.8, 4) is 0 Å². The third-order valence-electron chi connectivity index (χ3n) is 0.576. The molecule has 0 atom stereocenters. The predicted octanol–water partition coefficient (Wildman–Crippen LogP) is 0.772. The van der Waals surface area contributed by atoms with Gasteiger partial charge in [0.1, 0.15) is 0 Å². The Morgan fingerprint density at radius 1 is 1.11 bits per heavy atom. The fourth-order valence-electron chi connectivity index (χ4n) is 0.258. The van der Waals surface area contributed by atoms with E-state index in [2.05, 4.69) is 4.90 Å². The molecule has 0 fully saturated rings. The molecule has 0 spiro atoms. The SMILES string of the molecule is CN(C)CCN.Cl.Cl.Cl. The molecule has 0 aliphatic rings. The van der Waals surface area contributed by atoms with E-state index < -0.39 is 0 Å². The molecule has 0 aliphatic carbocycles. The van der Waals surface area contributed by atoms with Crippen molar-refractivity contribution in [2.45, 2.75) is 0 Å². The van der Waals surface area contributed by atoms with E-state index in [1.165, 1.54) is 0 Å². The second kappa shape index (κ2) is 15.9. The number of hydrogen-bond acceptors (Lipinski definition) is 2. The molecule has 0 rings (SSSR count). The highest BCUT2D eigenvalue weighted by Gasteiger charge is 1.79. The van der Waals surface area contributed by atoms with E-state index >= 15 is 0 Å². The van der Waals surface area contributed by atoms with Crippen LogP contribution in [-0.4, -0.2) is 32.1 Å². The van der Waals surface area contributed by atoms with E-state index in [1.54, 1.807) is 0 Å². The van der Waals surface area contributed by atoms with E-state index in [9.17, 15) is 0 Å². The number of rotatable bonds is 2. The molecule has 0 amide bonds. The molecule has 0 aromatic heterocycles. The maximum atomic E-state index is 5.19. The average molecular weight is 198 g/mol. The molecular weight excluding hydrogens is 182 g/mol. The third-order valence-corrected chi connectivity index (χ3v) is 0.576. The van der Waals surface area contributed by atoms with Crippen LogP contribution in [0.2, 0.25) is 0 Å². The van der Waals surface area contributed by atoms with Crippen molar-refractivity contribution in [3.63, 3.8) is 0 Å². The smallest absolute Gasteiger partial charge is 0.00985 e. The van der Waals surface area contributed by atoms with Crippen molar-refractivity contribution in [2.24, 2.45) is 5.73 Å². The van der Waals surface area contributed by atoms with Crippen molar-refractivity contribution in [1.29, 1.82) is 0 Å². The summed E-state index contributed by atoms with van der Waals surface area (Å²) in [6.07, 6.45) is 0. The lowest BCUT2D eigenvalue weighted by molar-refractivity contribution is 0.420. The third kappa shape index (κ3) is 28.2. The molecule has 62 valence electrons. The van der Waals surface area contributed by atoms with Crippen molar-refractivity contribution < 1.29 is 0 Å². The molecule has 0 saturated carbocycles. The van der Waals surface area contributed by atoms with Gasteiger partial charge in [-0.3, -0.25) is 0 Å². The van der Waals surface area contributed by atoms with Crippen LogP contribution in [0.5, 0.6) is 0 Å². The summed E-state index contributed by atoms with van der Waals surface area (Å²) in [5.41, 5.74) is 5.19. The first-order valence-electron chi connectivity index (χ1n) is 2.12. The minimum absolute atomic E-state index is 0. The molecule has 2 nitrogen and oxygen atoms in total. The Labute approximate surface area is 75.4 Å². The van der Waals surface area contributed by atoms with Gasteiger partial charge < -0.3 is 10.6 Å². The van der Waals surface area contributed by atoms with E-state index in [4.69, 9.17) is 5.73 Å². The van der Waals surface area contributed by atoms with Gasteiger partial charge in [0.2, 0.25) is 0 Å². The first kappa shape index (κ1) is 22.6. The summed E-state index contributed by atoms with van der Waals surface area (Å²) >= 11 is 0. The van der Waals surface area contributed by atoms with Crippen LogP contribution in [0.4, 0.5) is 0 Å². The number of nitrogens with zero attached hydrogens (tertiary/aromatic N) is 1. The Balaban J connectivity index is -0.0000000417. The van der Waals surface area contributed by atoms with Gasteiger partial charge in [-0.15, -0.1) is 37.2 Å². The van der Waals surface area contributed by atoms with E-state index in [-0.39, 0.29) is 37.2 Å². The van der Waals surface area contributed by atoms with Crippen LogP contribution in [0, 0.1) is 0 Å². The van der Waals surface area contributed by atoms with Crippen LogP contribution in [0.15, 0.2) is 0 Å². The Morgan fingerprint density at radius 3 is 1.44 bits per heavy atom. The Bertz CT molecular complexity index is 35.0. The highest BCUT2D eigenvalue weighted by atomic mass is 35.5. The van der Waals surface area contributed by atoms with Crippen molar-refractivity contribution >= 4 is 37.2 Å². The van der Waals surface area contributed by atoms with Gasteiger partial charge in [0.05, 0.1) is 0 Å². The summed E-state index contributed by atoms with van der Waals surface area (Å²) < 4.78 is 0. The lowest BCUT2D eigenvalue weighted by Gasteiger charge is -2.03. The van der Waals surface area contributed by atoms with Gasteiger partial charge in [-0.25, -0.2) is 0 Å². The quantitative estimate of drug-likeness (QED) is 0.709. The lowest BCUT2D eigenvalue weighted by Crippen LogP contribution is -2.20. The van der Waals surface area contributed by atoms with Crippen molar-refractivity contribution in [1.82, 2.24) is 4.90 Å². The fraction of sp³-hybridized carbons (Fsp3) is 1.00. The van der Waals surface area contributed by atoms with Gasteiger partial charge in [-0.1, -0.05) is 0 Å². The van der Waals surface area contributed by atoms with Gasteiger partial charge in [0.15, 0.2) is 0 Å². The van der Waals surface area contributed by atoms with Crippen LogP contribution in [0.3, 0.4) is 0 Å². The minimum Gasteiger partial charge on any atom is -0.329 e. The summed E-state index contributed by atoms with van der Waals surface area (Å²) in [4.78, 5) is 2.06.